The molecule has 2 aliphatic rings. The molecule has 300 valence electrons. The second-order valence-corrected chi connectivity index (χ2v) is 16.6. The van der Waals surface area contributed by atoms with Gasteiger partial charge in [-0.25, -0.2) is 0 Å². The minimum absolute atomic E-state index is 1.01. The highest BCUT2D eigenvalue weighted by molar-refractivity contribution is 6.25. The van der Waals surface area contributed by atoms with Gasteiger partial charge in [0.05, 0.1) is 16.7 Å². The first-order valence-electron chi connectivity index (χ1n) is 22.1. The fourth-order valence-corrected chi connectivity index (χ4v) is 10.0. The molecule has 0 saturated carbocycles. The number of fused-ring (bicyclic) bond motifs is 5. The van der Waals surface area contributed by atoms with Gasteiger partial charge in [-0.15, -0.1) is 0 Å². The molecule has 0 atom stereocenters. The standard InChI is InChI=1S/C62H42N2/c1-5-18-43(19-6-1)45-32-36-47(37-33-45)60-53-27-13-14-28-54(53)61(48-38-34-46(35-39-48)44-20-7-2-8-21-44)62-55(60)29-17-31-59(62)63(49-22-9-3-10-23-49)51-40-41-58-56(42-51)52-26-15-16-30-57(52)64(58)50-24-11-4-12-25-50/h2-5,7-11,13-24,26-42H,12,25H2. The van der Waals surface area contributed by atoms with Crippen LogP contribution in [0.15, 0.2) is 242 Å². The Morgan fingerprint density at radius 3 is 1.80 bits per heavy atom. The van der Waals surface area contributed by atoms with Crippen LogP contribution in [0.5, 0.6) is 0 Å². The van der Waals surface area contributed by atoms with E-state index >= 15 is 0 Å². The van der Waals surface area contributed by atoms with Gasteiger partial charge in [0.15, 0.2) is 0 Å². The Balaban J connectivity index is 1.15. The number of hydrogen-bond donors (Lipinski definition) is 0. The first kappa shape index (κ1) is 37.4. The third kappa shape index (κ3) is 6.37. The van der Waals surface area contributed by atoms with Crippen molar-refractivity contribution in [2.75, 3.05) is 4.90 Å². The number of allylic oxidation sites excluding steroid dienone is 8. The molecule has 0 N–H and O–H groups in total. The molecule has 1 aromatic heterocycles. The largest absolute Gasteiger partial charge is 0.313 e. The summed E-state index contributed by atoms with van der Waals surface area (Å²) < 4.78 is 2.47. The average molecular weight is 815 g/mol. The Morgan fingerprint density at radius 2 is 1.06 bits per heavy atom. The van der Waals surface area contributed by atoms with E-state index in [9.17, 15) is 0 Å². The van der Waals surface area contributed by atoms with Gasteiger partial charge < -0.3 is 9.47 Å². The molecule has 0 aliphatic heterocycles. The van der Waals surface area contributed by atoms with Crippen molar-refractivity contribution in [3.8, 4) is 33.4 Å². The van der Waals surface area contributed by atoms with E-state index in [1.165, 1.54) is 82.4 Å². The van der Waals surface area contributed by atoms with Crippen molar-refractivity contribution in [3.05, 3.63) is 248 Å². The SMILES string of the molecule is C1=C=CC(c2ccc(-c3c4ccccc4c(-c4ccc(-c5ccccc5)cc4)c4c(N(c5ccccc5)c5ccc6c(c5)c5ccccc5n6C5=CC=CCC5)cccc34)cc2)=CC=1. The summed E-state index contributed by atoms with van der Waals surface area (Å²) >= 11 is 0. The predicted octanol–water partition coefficient (Wildman–Crippen LogP) is 17.0. The molecule has 0 unspecified atom stereocenters. The molecule has 12 rings (SSSR count). The van der Waals surface area contributed by atoms with Crippen molar-refractivity contribution in [1.82, 2.24) is 4.57 Å². The quantitative estimate of drug-likeness (QED) is 0.110. The lowest BCUT2D eigenvalue weighted by Gasteiger charge is -2.29. The highest BCUT2D eigenvalue weighted by Crippen LogP contribution is 2.50. The average Bonchev–Trinajstić information content (AvgIpc) is 3.71. The number of hydrogen-bond acceptors (Lipinski definition) is 1. The molecular formula is C62H42N2. The van der Waals surface area contributed by atoms with Crippen molar-refractivity contribution in [3.63, 3.8) is 0 Å². The van der Waals surface area contributed by atoms with Crippen LogP contribution in [-0.2, 0) is 0 Å². The summed E-state index contributed by atoms with van der Waals surface area (Å²) in [6, 6.07) is 71.5. The molecular weight excluding hydrogens is 773 g/mol. The van der Waals surface area contributed by atoms with Crippen LogP contribution in [-0.4, -0.2) is 4.57 Å². The number of benzene rings is 9. The van der Waals surface area contributed by atoms with Crippen molar-refractivity contribution in [2.45, 2.75) is 12.8 Å². The van der Waals surface area contributed by atoms with Crippen LogP contribution in [0.4, 0.5) is 17.1 Å². The summed E-state index contributed by atoms with van der Waals surface area (Å²) in [5.41, 5.74) is 22.7. The van der Waals surface area contributed by atoms with E-state index in [4.69, 9.17) is 0 Å². The summed E-state index contributed by atoms with van der Waals surface area (Å²) in [5.74, 6) is 0. The summed E-state index contributed by atoms with van der Waals surface area (Å²) in [4.78, 5) is 2.48. The fraction of sp³-hybridized carbons (Fsp3) is 0.0323. The van der Waals surface area contributed by atoms with Gasteiger partial charge >= 0.3 is 0 Å². The summed E-state index contributed by atoms with van der Waals surface area (Å²) in [6.07, 6.45) is 14.8. The molecule has 2 heteroatoms. The molecule has 0 saturated heterocycles. The second kappa shape index (κ2) is 15.8. The van der Waals surface area contributed by atoms with Crippen LogP contribution in [0.3, 0.4) is 0 Å². The molecule has 2 aliphatic carbocycles. The zero-order chi connectivity index (χ0) is 42.4. The monoisotopic (exact) mass is 814 g/mol. The predicted molar refractivity (Wildman–Crippen MR) is 272 cm³/mol. The lowest BCUT2D eigenvalue weighted by molar-refractivity contribution is 0.979. The molecule has 64 heavy (non-hydrogen) atoms. The Labute approximate surface area is 373 Å². The van der Waals surface area contributed by atoms with Crippen LogP contribution in [0.1, 0.15) is 18.4 Å². The normalized spacial score (nSPS) is 13.2. The van der Waals surface area contributed by atoms with Gasteiger partial charge in [0.2, 0.25) is 0 Å². The van der Waals surface area contributed by atoms with E-state index in [2.05, 4.69) is 239 Å². The number of para-hydroxylation sites is 2. The number of rotatable bonds is 8. The molecule has 0 fully saturated rings. The van der Waals surface area contributed by atoms with Gasteiger partial charge in [-0.1, -0.05) is 175 Å². The highest BCUT2D eigenvalue weighted by atomic mass is 15.1. The van der Waals surface area contributed by atoms with Crippen LogP contribution < -0.4 is 4.90 Å². The Hall–Kier alpha value is -8.38. The van der Waals surface area contributed by atoms with Crippen LogP contribution in [0.25, 0.3) is 88.0 Å². The van der Waals surface area contributed by atoms with Crippen LogP contribution >= 0.6 is 0 Å². The third-order valence-corrected chi connectivity index (χ3v) is 12.9. The lowest BCUT2D eigenvalue weighted by Crippen LogP contribution is -2.11. The molecule has 10 aromatic rings. The number of aromatic nitrogens is 1. The molecule has 0 bridgehead atoms. The van der Waals surface area contributed by atoms with E-state index in [0.29, 0.717) is 0 Å². The second-order valence-electron chi connectivity index (χ2n) is 16.6. The first-order chi connectivity index (χ1) is 31.8. The Bertz CT molecular complexity index is 3640. The van der Waals surface area contributed by atoms with E-state index < -0.39 is 0 Å². The van der Waals surface area contributed by atoms with E-state index in [-0.39, 0.29) is 0 Å². The molecule has 9 aromatic carbocycles. The van der Waals surface area contributed by atoms with Crippen molar-refractivity contribution in [1.29, 1.82) is 0 Å². The van der Waals surface area contributed by atoms with E-state index in [0.717, 1.165) is 41.0 Å². The van der Waals surface area contributed by atoms with Gasteiger partial charge in [-0.05, 0) is 140 Å². The highest BCUT2D eigenvalue weighted by Gasteiger charge is 2.24. The topological polar surface area (TPSA) is 8.17 Å². The third-order valence-electron chi connectivity index (χ3n) is 12.9. The molecule has 0 radical (unpaired) electrons. The molecule has 2 nitrogen and oxygen atoms in total. The summed E-state index contributed by atoms with van der Waals surface area (Å²) in [5, 5.41) is 7.32. The summed E-state index contributed by atoms with van der Waals surface area (Å²) in [6.45, 7) is 0. The Kier molecular flexibility index (Phi) is 9.24. The maximum atomic E-state index is 3.13. The van der Waals surface area contributed by atoms with Crippen LogP contribution in [0, 0.1) is 0 Å². The maximum absolute atomic E-state index is 3.13. The van der Waals surface area contributed by atoms with Crippen molar-refractivity contribution in [2.24, 2.45) is 0 Å². The first-order valence-corrected chi connectivity index (χ1v) is 22.1. The summed E-state index contributed by atoms with van der Waals surface area (Å²) in [7, 11) is 0. The van der Waals surface area contributed by atoms with Gasteiger partial charge in [-0.2, -0.15) is 0 Å². The zero-order valence-electron chi connectivity index (χ0n) is 35.2. The van der Waals surface area contributed by atoms with Crippen molar-refractivity contribution < 1.29 is 0 Å². The minimum atomic E-state index is 1.01. The molecule has 0 amide bonds. The Morgan fingerprint density at radius 1 is 0.438 bits per heavy atom. The van der Waals surface area contributed by atoms with Crippen LogP contribution in [0.2, 0.25) is 0 Å². The maximum Gasteiger partial charge on any atom is 0.0546 e. The molecule has 0 spiro atoms. The van der Waals surface area contributed by atoms with Crippen molar-refractivity contribution >= 4 is 71.7 Å². The lowest BCUT2D eigenvalue weighted by atomic mass is 9.84. The van der Waals surface area contributed by atoms with Gasteiger partial charge in [0, 0.05) is 33.2 Å². The van der Waals surface area contributed by atoms with Gasteiger partial charge in [-0.3, -0.25) is 0 Å². The van der Waals surface area contributed by atoms with E-state index in [1.54, 1.807) is 0 Å². The number of nitrogens with zero attached hydrogens (tertiary/aromatic N) is 2. The van der Waals surface area contributed by atoms with Gasteiger partial charge in [0.25, 0.3) is 0 Å². The fourth-order valence-electron chi connectivity index (χ4n) is 10.0. The smallest absolute Gasteiger partial charge is 0.0546 e. The zero-order valence-corrected chi connectivity index (χ0v) is 35.2. The van der Waals surface area contributed by atoms with E-state index in [1.807, 2.05) is 12.2 Å². The molecule has 1 heterocycles. The number of anilines is 3. The minimum Gasteiger partial charge on any atom is -0.313 e. The van der Waals surface area contributed by atoms with Gasteiger partial charge in [0.1, 0.15) is 0 Å².